The number of hydrogen-bond acceptors (Lipinski definition) is 3. The van der Waals surface area contributed by atoms with E-state index in [0.29, 0.717) is 22.6 Å². The lowest BCUT2D eigenvalue weighted by Crippen LogP contribution is -2.08. The number of anilines is 1. The Kier molecular flexibility index (Phi) is 4.94. The first-order valence-corrected chi connectivity index (χ1v) is 6.66. The van der Waals surface area contributed by atoms with Crippen molar-refractivity contribution in [2.75, 3.05) is 12.4 Å². The van der Waals surface area contributed by atoms with Gasteiger partial charge in [0.2, 0.25) is 0 Å². The van der Waals surface area contributed by atoms with Gasteiger partial charge in [-0.2, -0.15) is 0 Å². The van der Waals surface area contributed by atoms with Gasteiger partial charge in [-0.15, -0.1) is 0 Å². The molecular formula is C18H15NO3. The van der Waals surface area contributed by atoms with Crippen LogP contribution in [0.3, 0.4) is 0 Å². The van der Waals surface area contributed by atoms with Gasteiger partial charge in [-0.1, -0.05) is 12.0 Å². The molecule has 0 unspecified atom stereocenters. The molecule has 4 heteroatoms. The van der Waals surface area contributed by atoms with Crippen molar-refractivity contribution in [1.82, 2.24) is 0 Å². The average Bonchev–Trinajstić information content (AvgIpc) is 2.53. The number of Topliss-reactive ketones (excluding diaryl/α,β-unsaturated/α-hetero) is 1. The molecule has 0 heterocycles. The van der Waals surface area contributed by atoms with E-state index in [-0.39, 0.29) is 5.78 Å². The Balaban J connectivity index is 2.04. The molecule has 0 aliphatic carbocycles. The predicted molar refractivity (Wildman–Crippen MR) is 84.9 cm³/mol. The van der Waals surface area contributed by atoms with Crippen molar-refractivity contribution in [2.24, 2.45) is 0 Å². The SMILES string of the molecule is COc1cccc(C#CC(=O)Nc2ccc(C(C)=O)cc2)c1. The van der Waals surface area contributed by atoms with Crippen LogP contribution in [0.2, 0.25) is 0 Å². The minimum atomic E-state index is -0.418. The average molecular weight is 293 g/mol. The Morgan fingerprint density at radius 2 is 1.82 bits per heavy atom. The van der Waals surface area contributed by atoms with Gasteiger partial charge in [0, 0.05) is 22.7 Å². The van der Waals surface area contributed by atoms with E-state index in [1.807, 2.05) is 6.07 Å². The molecule has 0 fully saturated rings. The highest BCUT2D eigenvalue weighted by molar-refractivity contribution is 6.04. The summed E-state index contributed by atoms with van der Waals surface area (Å²) in [7, 11) is 1.57. The number of carbonyl (C=O) groups is 2. The van der Waals surface area contributed by atoms with E-state index in [0.717, 1.165) is 0 Å². The second-order valence-electron chi connectivity index (χ2n) is 4.57. The van der Waals surface area contributed by atoms with Crippen molar-refractivity contribution < 1.29 is 14.3 Å². The van der Waals surface area contributed by atoms with Gasteiger partial charge >= 0.3 is 5.91 Å². The molecule has 2 aromatic carbocycles. The van der Waals surface area contributed by atoms with Crippen LogP contribution in [0.25, 0.3) is 0 Å². The van der Waals surface area contributed by atoms with Crippen molar-refractivity contribution in [3.8, 4) is 17.6 Å². The van der Waals surface area contributed by atoms with Crippen LogP contribution in [-0.4, -0.2) is 18.8 Å². The van der Waals surface area contributed by atoms with E-state index in [1.54, 1.807) is 49.6 Å². The fourth-order valence-electron chi connectivity index (χ4n) is 1.78. The first-order valence-electron chi connectivity index (χ1n) is 6.66. The number of ketones is 1. The van der Waals surface area contributed by atoms with E-state index < -0.39 is 5.91 Å². The molecule has 0 saturated heterocycles. The van der Waals surface area contributed by atoms with Gasteiger partial charge in [-0.3, -0.25) is 9.59 Å². The third-order valence-corrected chi connectivity index (χ3v) is 2.94. The summed E-state index contributed by atoms with van der Waals surface area (Å²) in [5.74, 6) is 5.54. The van der Waals surface area contributed by atoms with Gasteiger partial charge in [0.25, 0.3) is 0 Å². The molecule has 0 bridgehead atoms. The van der Waals surface area contributed by atoms with Crippen LogP contribution in [-0.2, 0) is 4.79 Å². The topological polar surface area (TPSA) is 55.4 Å². The van der Waals surface area contributed by atoms with Crippen molar-refractivity contribution in [3.05, 3.63) is 59.7 Å². The number of benzene rings is 2. The number of ether oxygens (including phenoxy) is 1. The summed E-state index contributed by atoms with van der Waals surface area (Å²) in [6.07, 6.45) is 0. The molecule has 110 valence electrons. The third kappa shape index (κ3) is 4.22. The molecule has 2 aromatic rings. The zero-order valence-corrected chi connectivity index (χ0v) is 12.3. The summed E-state index contributed by atoms with van der Waals surface area (Å²) in [6.45, 7) is 1.49. The summed E-state index contributed by atoms with van der Waals surface area (Å²) in [4.78, 5) is 22.9. The molecule has 22 heavy (non-hydrogen) atoms. The van der Waals surface area contributed by atoms with E-state index in [9.17, 15) is 9.59 Å². The second kappa shape index (κ2) is 7.09. The van der Waals surface area contributed by atoms with Crippen LogP contribution in [0.15, 0.2) is 48.5 Å². The van der Waals surface area contributed by atoms with Crippen LogP contribution in [0, 0.1) is 11.8 Å². The van der Waals surface area contributed by atoms with Crippen molar-refractivity contribution in [3.63, 3.8) is 0 Å². The first-order chi connectivity index (χ1) is 10.6. The number of methoxy groups -OCH3 is 1. The van der Waals surface area contributed by atoms with Gasteiger partial charge in [0.15, 0.2) is 5.78 Å². The largest absolute Gasteiger partial charge is 0.497 e. The maximum Gasteiger partial charge on any atom is 0.300 e. The Morgan fingerprint density at radius 1 is 1.09 bits per heavy atom. The fourth-order valence-corrected chi connectivity index (χ4v) is 1.78. The van der Waals surface area contributed by atoms with Crippen molar-refractivity contribution >= 4 is 17.4 Å². The second-order valence-corrected chi connectivity index (χ2v) is 4.57. The predicted octanol–water partition coefficient (Wildman–Crippen LogP) is 2.89. The zero-order valence-electron chi connectivity index (χ0n) is 12.3. The van der Waals surface area contributed by atoms with Crippen LogP contribution < -0.4 is 10.1 Å². The van der Waals surface area contributed by atoms with Crippen LogP contribution in [0.1, 0.15) is 22.8 Å². The molecule has 0 atom stereocenters. The molecule has 1 N–H and O–H groups in total. The minimum absolute atomic E-state index is 0.0179. The van der Waals surface area contributed by atoms with Crippen molar-refractivity contribution in [2.45, 2.75) is 6.92 Å². The lowest BCUT2D eigenvalue weighted by atomic mass is 10.1. The third-order valence-electron chi connectivity index (χ3n) is 2.94. The maximum absolute atomic E-state index is 11.8. The molecule has 0 saturated carbocycles. The van der Waals surface area contributed by atoms with E-state index in [2.05, 4.69) is 17.2 Å². The first kappa shape index (κ1) is 15.3. The Morgan fingerprint density at radius 3 is 2.45 bits per heavy atom. The highest BCUT2D eigenvalue weighted by Crippen LogP contribution is 2.12. The minimum Gasteiger partial charge on any atom is -0.497 e. The smallest absolute Gasteiger partial charge is 0.300 e. The lowest BCUT2D eigenvalue weighted by molar-refractivity contribution is -0.111. The number of nitrogens with one attached hydrogen (secondary N) is 1. The number of hydrogen-bond donors (Lipinski definition) is 1. The number of amides is 1. The fraction of sp³-hybridized carbons (Fsp3) is 0.111. The van der Waals surface area contributed by atoms with Gasteiger partial charge in [0.05, 0.1) is 7.11 Å². The Hall–Kier alpha value is -3.06. The highest BCUT2D eigenvalue weighted by Gasteiger charge is 2.01. The van der Waals surface area contributed by atoms with Gasteiger partial charge in [-0.25, -0.2) is 0 Å². The molecule has 0 radical (unpaired) electrons. The number of rotatable bonds is 3. The van der Waals surface area contributed by atoms with Gasteiger partial charge in [-0.05, 0) is 49.4 Å². The van der Waals surface area contributed by atoms with Crippen LogP contribution in [0.5, 0.6) is 5.75 Å². The van der Waals surface area contributed by atoms with Crippen LogP contribution >= 0.6 is 0 Å². The zero-order chi connectivity index (χ0) is 15.9. The molecule has 4 nitrogen and oxygen atoms in total. The summed E-state index contributed by atoms with van der Waals surface area (Å²) in [6, 6.07) is 13.8. The van der Waals surface area contributed by atoms with Gasteiger partial charge in [0.1, 0.15) is 5.75 Å². The van der Waals surface area contributed by atoms with Gasteiger partial charge < -0.3 is 10.1 Å². The van der Waals surface area contributed by atoms with Crippen molar-refractivity contribution in [1.29, 1.82) is 0 Å². The normalized spacial score (nSPS) is 9.36. The number of carbonyl (C=O) groups excluding carboxylic acids is 2. The Bertz CT molecular complexity index is 752. The highest BCUT2D eigenvalue weighted by atomic mass is 16.5. The summed E-state index contributed by atoms with van der Waals surface area (Å²) in [5, 5.41) is 2.65. The molecule has 1 amide bonds. The van der Waals surface area contributed by atoms with E-state index in [1.165, 1.54) is 6.92 Å². The van der Waals surface area contributed by atoms with Crippen LogP contribution in [0.4, 0.5) is 5.69 Å². The monoisotopic (exact) mass is 293 g/mol. The standard InChI is InChI=1S/C18H15NO3/c1-13(20)15-7-9-16(10-8-15)19-18(21)11-6-14-4-3-5-17(12-14)22-2/h3-5,7-10,12H,1-2H3,(H,19,21). The summed E-state index contributed by atoms with van der Waals surface area (Å²) < 4.78 is 5.09. The molecule has 2 rings (SSSR count). The van der Waals surface area contributed by atoms with E-state index in [4.69, 9.17) is 4.74 Å². The van der Waals surface area contributed by atoms with E-state index >= 15 is 0 Å². The molecule has 0 aliphatic heterocycles. The summed E-state index contributed by atoms with van der Waals surface area (Å²) in [5.41, 5.74) is 1.89. The quantitative estimate of drug-likeness (QED) is 0.699. The lowest BCUT2D eigenvalue weighted by Gasteiger charge is -2.01. The molecule has 0 aromatic heterocycles. The molecular weight excluding hydrogens is 278 g/mol. The maximum atomic E-state index is 11.8. The molecule has 0 aliphatic rings. The summed E-state index contributed by atoms with van der Waals surface area (Å²) >= 11 is 0. The molecule has 0 spiro atoms. The Labute approximate surface area is 129 Å².